The molecule has 1 aliphatic carbocycles. The van der Waals surface area contributed by atoms with Crippen LogP contribution in [0.3, 0.4) is 0 Å². The van der Waals surface area contributed by atoms with Gasteiger partial charge in [-0.25, -0.2) is 15.0 Å². The van der Waals surface area contributed by atoms with Crippen molar-refractivity contribution in [1.29, 1.82) is 0 Å². The Morgan fingerprint density at radius 2 is 1.86 bits per heavy atom. The molecule has 3 heterocycles. The van der Waals surface area contributed by atoms with E-state index < -0.39 is 5.60 Å². The van der Waals surface area contributed by atoms with E-state index >= 15 is 0 Å². The highest BCUT2D eigenvalue weighted by atomic mass is 16.3. The van der Waals surface area contributed by atoms with Gasteiger partial charge in [-0.3, -0.25) is 9.20 Å². The van der Waals surface area contributed by atoms with E-state index in [1.807, 2.05) is 49.6 Å². The second-order valence-electron chi connectivity index (χ2n) is 8.45. The molecule has 0 bridgehead atoms. The summed E-state index contributed by atoms with van der Waals surface area (Å²) in [4.78, 5) is 25.9. The zero-order chi connectivity index (χ0) is 20.6. The van der Waals surface area contributed by atoms with Crippen LogP contribution in [0.4, 0.5) is 0 Å². The minimum Gasteiger partial charge on any atom is -0.390 e. The van der Waals surface area contributed by atoms with Gasteiger partial charge in [0.2, 0.25) is 0 Å². The molecule has 1 fully saturated rings. The second kappa shape index (κ2) is 7.55. The first-order valence-electron chi connectivity index (χ1n) is 10.1. The van der Waals surface area contributed by atoms with Gasteiger partial charge in [0.25, 0.3) is 5.91 Å². The fraction of sp³-hybridized carbons (Fsp3) is 0.455. The lowest BCUT2D eigenvalue weighted by molar-refractivity contribution is -0.00257. The summed E-state index contributed by atoms with van der Waals surface area (Å²) < 4.78 is 1.95. The molecular formula is C22H27N5O2. The van der Waals surface area contributed by atoms with Crippen molar-refractivity contribution in [2.75, 3.05) is 0 Å². The third-order valence-electron chi connectivity index (χ3n) is 5.91. The molecule has 3 aromatic rings. The molecule has 1 aliphatic rings. The molecular weight excluding hydrogens is 366 g/mol. The van der Waals surface area contributed by atoms with Crippen LogP contribution in [0.25, 0.3) is 17.2 Å². The molecule has 0 radical (unpaired) electrons. The zero-order valence-electron chi connectivity index (χ0n) is 17.1. The maximum absolute atomic E-state index is 12.6. The van der Waals surface area contributed by atoms with Crippen LogP contribution in [-0.4, -0.2) is 42.0 Å². The Hall–Kier alpha value is -2.80. The molecule has 0 unspecified atom stereocenters. The molecule has 2 N–H and O–H groups in total. The fourth-order valence-corrected chi connectivity index (χ4v) is 4.12. The summed E-state index contributed by atoms with van der Waals surface area (Å²) in [5.41, 5.74) is 1.70. The predicted octanol–water partition coefficient (Wildman–Crippen LogP) is 3.16. The SMILES string of the molecule is Cc1nc(-c2ncc(C(=O)NC3CCC(C(C)(C)O)CC3)cn2)n2ccccc12. The van der Waals surface area contributed by atoms with Crippen molar-refractivity contribution in [1.82, 2.24) is 24.7 Å². The van der Waals surface area contributed by atoms with Crippen LogP contribution >= 0.6 is 0 Å². The van der Waals surface area contributed by atoms with Crippen LogP contribution in [0.5, 0.6) is 0 Å². The number of hydrogen-bond donors (Lipinski definition) is 2. The lowest BCUT2D eigenvalue weighted by Crippen LogP contribution is -2.41. The molecule has 7 heteroatoms. The summed E-state index contributed by atoms with van der Waals surface area (Å²) in [5, 5.41) is 13.2. The van der Waals surface area contributed by atoms with Crippen molar-refractivity contribution in [3.63, 3.8) is 0 Å². The maximum Gasteiger partial charge on any atom is 0.254 e. The number of hydrogen-bond acceptors (Lipinski definition) is 5. The average Bonchev–Trinajstić information content (AvgIpc) is 3.05. The number of nitrogens with one attached hydrogen (secondary N) is 1. The number of rotatable bonds is 4. The van der Waals surface area contributed by atoms with E-state index in [4.69, 9.17) is 0 Å². The molecule has 4 rings (SSSR count). The van der Waals surface area contributed by atoms with Crippen molar-refractivity contribution >= 4 is 11.4 Å². The van der Waals surface area contributed by atoms with E-state index in [1.54, 1.807) is 12.4 Å². The first-order valence-corrected chi connectivity index (χ1v) is 10.1. The molecule has 0 aromatic carbocycles. The number of nitrogens with zero attached hydrogens (tertiary/aromatic N) is 4. The zero-order valence-corrected chi connectivity index (χ0v) is 17.1. The van der Waals surface area contributed by atoms with Gasteiger partial charge < -0.3 is 10.4 Å². The Morgan fingerprint density at radius 3 is 2.52 bits per heavy atom. The standard InChI is InChI=1S/C22H27N5O2/c1-14-18-6-4-5-11-27(18)20(25-14)19-23-12-15(13-24-19)21(28)26-17-9-7-16(8-10-17)22(2,3)29/h4-6,11-13,16-17,29H,7-10H2,1-3H3,(H,26,28). The quantitative estimate of drug-likeness (QED) is 0.710. The average molecular weight is 393 g/mol. The molecule has 0 aliphatic heterocycles. The summed E-state index contributed by atoms with van der Waals surface area (Å²) in [6.45, 7) is 5.67. The molecule has 0 saturated heterocycles. The van der Waals surface area contributed by atoms with E-state index in [1.165, 1.54) is 0 Å². The summed E-state index contributed by atoms with van der Waals surface area (Å²) in [6, 6.07) is 6.03. The van der Waals surface area contributed by atoms with Crippen LogP contribution < -0.4 is 5.32 Å². The van der Waals surface area contributed by atoms with E-state index in [-0.39, 0.29) is 17.9 Å². The lowest BCUT2D eigenvalue weighted by Gasteiger charge is -2.36. The first-order chi connectivity index (χ1) is 13.8. The molecule has 0 atom stereocenters. The van der Waals surface area contributed by atoms with Gasteiger partial charge in [0.1, 0.15) is 0 Å². The minimum atomic E-state index is -0.659. The van der Waals surface area contributed by atoms with Crippen LogP contribution in [0.15, 0.2) is 36.8 Å². The smallest absolute Gasteiger partial charge is 0.254 e. The molecule has 29 heavy (non-hydrogen) atoms. The number of aliphatic hydroxyl groups is 1. The van der Waals surface area contributed by atoms with Crippen LogP contribution in [-0.2, 0) is 0 Å². The van der Waals surface area contributed by atoms with Gasteiger partial charge in [-0.1, -0.05) is 6.07 Å². The van der Waals surface area contributed by atoms with Gasteiger partial charge >= 0.3 is 0 Å². The molecule has 1 saturated carbocycles. The van der Waals surface area contributed by atoms with Crippen molar-refractivity contribution in [2.24, 2.45) is 5.92 Å². The number of carbonyl (C=O) groups excluding carboxylic acids is 1. The van der Waals surface area contributed by atoms with Gasteiger partial charge in [-0.2, -0.15) is 0 Å². The van der Waals surface area contributed by atoms with Gasteiger partial charge in [-0.05, 0) is 64.5 Å². The van der Waals surface area contributed by atoms with E-state index in [9.17, 15) is 9.90 Å². The first kappa shape index (κ1) is 19.5. The Kier molecular flexibility index (Phi) is 5.08. The number of imidazole rings is 1. The van der Waals surface area contributed by atoms with Gasteiger partial charge in [0.15, 0.2) is 11.6 Å². The molecule has 152 valence electrons. The van der Waals surface area contributed by atoms with Crippen molar-refractivity contribution < 1.29 is 9.90 Å². The van der Waals surface area contributed by atoms with Gasteiger partial charge in [0.05, 0.1) is 22.4 Å². The topological polar surface area (TPSA) is 92.4 Å². The summed E-state index contributed by atoms with van der Waals surface area (Å²) >= 11 is 0. The highest BCUT2D eigenvalue weighted by molar-refractivity contribution is 5.93. The number of amides is 1. The number of pyridine rings is 1. The third-order valence-corrected chi connectivity index (χ3v) is 5.91. The Bertz CT molecular complexity index is 1010. The molecule has 7 nitrogen and oxygen atoms in total. The van der Waals surface area contributed by atoms with Crippen LogP contribution in [0.1, 0.15) is 55.6 Å². The largest absolute Gasteiger partial charge is 0.390 e. The highest BCUT2D eigenvalue weighted by Crippen LogP contribution is 2.32. The van der Waals surface area contributed by atoms with Crippen LogP contribution in [0, 0.1) is 12.8 Å². The number of fused-ring (bicyclic) bond motifs is 1. The third kappa shape index (κ3) is 4.00. The summed E-state index contributed by atoms with van der Waals surface area (Å²) in [5.74, 6) is 1.27. The maximum atomic E-state index is 12.6. The van der Waals surface area contributed by atoms with Crippen molar-refractivity contribution in [3.8, 4) is 11.6 Å². The Morgan fingerprint density at radius 1 is 1.17 bits per heavy atom. The number of aromatic nitrogens is 4. The second-order valence-corrected chi connectivity index (χ2v) is 8.45. The minimum absolute atomic E-state index is 0.125. The summed E-state index contributed by atoms with van der Waals surface area (Å²) in [6.07, 6.45) is 8.61. The number of aryl methyl sites for hydroxylation is 1. The fourth-order valence-electron chi connectivity index (χ4n) is 4.12. The monoisotopic (exact) mass is 393 g/mol. The van der Waals surface area contributed by atoms with Crippen molar-refractivity contribution in [3.05, 3.63) is 48.0 Å². The molecule has 3 aromatic heterocycles. The van der Waals surface area contributed by atoms with Gasteiger partial charge in [-0.15, -0.1) is 0 Å². The Labute approximate surface area is 170 Å². The van der Waals surface area contributed by atoms with E-state index in [0.29, 0.717) is 17.2 Å². The van der Waals surface area contributed by atoms with Crippen molar-refractivity contribution in [2.45, 2.75) is 58.1 Å². The number of carbonyl (C=O) groups is 1. The molecule has 1 amide bonds. The predicted molar refractivity (Wildman–Crippen MR) is 110 cm³/mol. The Balaban J connectivity index is 1.44. The van der Waals surface area contributed by atoms with Gasteiger partial charge in [0, 0.05) is 24.6 Å². The summed E-state index contributed by atoms with van der Waals surface area (Å²) in [7, 11) is 0. The molecule has 0 spiro atoms. The van der Waals surface area contributed by atoms with E-state index in [2.05, 4.69) is 20.3 Å². The van der Waals surface area contributed by atoms with Crippen LogP contribution in [0.2, 0.25) is 0 Å². The highest BCUT2D eigenvalue weighted by Gasteiger charge is 2.31. The normalized spacial score (nSPS) is 20.0. The van der Waals surface area contributed by atoms with E-state index in [0.717, 1.165) is 36.9 Å². The lowest BCUT2D eigenvalue weighted by atomic mass is 9.77.